The maximum atomic E-state index is 5.04. The van der Waals surface area contributed by atoms with Gasteiger partial charge in [-0.25, -0.2) is 4.98 Å². The van der Waals surface area contributed by atoms with E-state index in [0.717, 1.165) is 11.0 Å². The Morgan fingerprint density at radius 3 is 1.66 bits per heavy atom. The van der Waals surface area contributed by atoms with Gasteiger partial charge in [-0.15, -0.1) is 0 Å². The maximum Gasteiger partial charge on any atom is 0.0715 e. The Hall–Kier alpha value is -3.45. The maximum absolute atomic E-state index is 5.04. The van der Waals surface area contributed by atoms with E-state index < -0.39 is 0 Å². The molecule has 0 aliphatic heterocycles. The first-order chi connectivity index (χ1) is 14.3. The minimum Gasteiger partial charge on any atom is -0.248 e. The van der Waals surface area contributed by atoms with E-state index in [9.17, 15) is 0 Å². The van der Waals surface area contributed by atoms with Crippen LogP contribution in [-0.2, 0) is 0 Å². The largest absolute Gasteiger partial charge is 0.248 e. The molecule has 0 saturated heterocycles. The summed E-state index contributed by atoms with van der Waals surface area (Å²) in [4.78, 5) is 5.04. The van der Waals surface area contributed by atoms with Crippen LogP contribution in [0, 0.1) is 6.92 Å². The van der Waals surface area contributed by atoms with Crippen molar-refractivity contribution in [2.75, 3.05) is 0 Å². The van der Waals surface area contributed by atoms with E-state index in [1.165, 1.54) is 49.7 Å². The zero-order chi connectivity index (χ0) is 19.1. The van der Waals surface area contributed by atoms with Gasteiger partial charge in [0.25, 0.3) is 0 Å². The van der Waals surface area contributed by atoms with Gasteiger partial charge in [0.05, 0.1) is 11.0 Å². The fourth-order valence-electron chi connectivity index (χ4n) is 5.76. The van der Waals surface area contributed by atoms with E-state index in [0.29, 0.717) is 11.8 Å². The summed E-state index contributed by atoms with van der Waals surface area (Å²) in [5.41, 5.74) is 12.3. The lowest BCUT2D eigenvalue weighted by Crippen LogP contribution is -2.27. The highest BCUT2D eigenvalue weighted by molar-refractivity contribution is 5.98. The van der Waals surface area contributed by atoms with Crippen LogP contribution in [0.5, 0.6) is 0 Å². The molecule has 2 bridgehead atoms. The second kappa shape index (κ2) is 5.33. The van der Waals surface area contributed by atoms with Crippen LogP contribution in [0.3, 0.4) is 0 Å². The number of benzene rings is 4. The monoisotopic (exact) mass is 369 g/mol. The summed E-state index contributed by atoms with van der Waals surface area (Å²) in [6.07, 6.45) is 0. The number of aryl methyl sites for hydroxylation is 1. The molecule has 1 aromatic heterocycles. The topological polar surface area (TPSA) is 12.9 Å². The van der Waals surface area contributed by atoms with Crippen LogP contribution in [0.1, 0.15) is 50.8 Å². The third kappa shape index (κ3) is 1.88. The molecule has 4 aromatic carbocycles. The zero-order valence-electron chi connectivity index (χ0n) is 16.2. The van der Waals surface area contributed by atoms with E-state index in [4.69, 9.17) is 4.98 Å². The number of nitrogens with zero attached hydrogens (tertiary/aromatic N) is 1. The number of fused-ring (bicyclic) bond motifs is 2. The molecule has 0 N–H and O–H groups in total. The molecular formula is C28H19N. The third-order valence-corrected chi connectivity index (χ3v) is 7.01. The Balaban J connectivity index is 1.62. The third-order valence-electron chi connectivity index (χ3n) is 7.01. The van der Waals surface area contributed by atoms with Crippen molar-refractivity contribution in [3.63, 3.8) is 0 Å². The van der Waals surface area contributed by atoms with Crippen molar-refractivity contribution in [2.24, 2.45) is 0 Å². The number of hydrogen-bond donors (Lipinski definition) is 0. The molecule has 0 saturated carbocycles. The standard InChI is InChI=1S/C28H19N/c1-16-17-8-6-7-13-25(17)29-26-15-24-23(14-22(16)26)27-18-9-2-4-11-20(18)28(24)21-12-5-3-10-19(21)27/h2-15,27-28H,1H3. The quantitative estimate of drug-likeness (QED) is 0.272. The molecule has 3 aliphatic carbocycles. The van der Waals surface area contributed by atoms with Crippen molar-refractivity contribution in [1.29, 1.82) is 0 Å². The molecule has 3 aliphatic rings. The molecule has 0 amide bonds. The molecule has 0 spiro atoms. The van der Waals surface area contributed by atoms with Gasteiger partial charge < -0.3 is 0 Å². The molecule has 1 nitrogen and oxygen atoms in total. The highest BCUT2D eigenvalue weighted by Crippen LogP contribution is 2.56. The number of para-hydroxylation sites is 1. The van der Waals surface area contributed by atoms with Crippen LogP contribution in [0.2, 0.25) is 0 Å². The molecule has 0 radical (unpaired) electrons. The van der Waals surface area contributed by atoms with E-state index in [2.05, 4.69) is 91.9 Å². The van der Waals surface area contributed by atoms with Gasteiger partial charge in [0.1, 0.15) is 0 Å². The Morgan fingerprint density at radius 1 is 0.517 bits per heavy atom. The summed E-state index contributed by atoms with van der Waals surface area (Å²) in [7, 11) is 0. The number of rotatable bonds is 0. The smallest absolute Gasteiger partial charge is 0.0715 e. The summed E-state index contributed by atoms with van der Waals surface area (Å²) >= 11 is 0. The first-order valence-electron chi connectivity index (χ1n) is 10.3. The van der Waals surface area contributed by atoms with Gasteiger partial charge in [0.2, 0.25) is 0 Å². The molecule has 1 heteroatoms. The van der Waals surface area contributed by atoms with Crippen molar-refractivity contribution < 1.29 is 0 Å². The van der Waals surface area contributed by atoms with Crippen LogP contribution in [0.4, 0.5) is 0 Å². The highest BCUT2D eigenvalue weighted by atomic mass is 14.7. The van der Waals surface area contributed by atoms with Gasteiger partial charge in [-0.05, 0) is 64.1 Å². The normalized spacial score (nSPS) is 18.5. The molecule has 8 rings (SSSR count). The van der Waals surface area contributed by atoms with Gasteiger partial charge in [0, 0.05) is 22.6 Å². The molecule has 0 fully saturated rings. The Labute approximate surface area is 169 Å². The van der Waals surface area contributed by atoms with Crippen LogP contribution in [0.15, 0.2) is 84.9 Å². The molecule has 0 unspecified atom stereocenters. The Bertz CT molecular complexity index is 1430. The summed E-state index contributed by atoms with van der Waals surface area (Å²) < 4.78 is 0. The number of pyridine rings is 1. The van der Waals surface area contributed by atoms with Crippen LogP contribution >= 0.6 is 0 Å². The molecule has 29 heavy (non-hydrogen) atoms. The minimum absolute atomic E-state index is 0.306. The van der Waals surface area contributed by atoms with Crippen LogP contribution < -0.4 is 0 Å². The second-order valence-electron chi connectivity index (χ2n) is 8.38. The lowest BCUT2D eigenvalue weighted by atomic mass is 9.61. The van der Waals surface area contributed by atoms with Crippen LogP contribution in [0.25, 0.3) is 21.8 Å². The van der Waals surface area contributed by atoms with Crippen molar-refractivity contribution in [3.8, 4) is 0 Å². The van der Waals surface area contributed by atoms with E-state index in [1.807, 2.05) is 0 Å². The fraction of sp³-hybridized carbons (Fsp3) is 0.107. The molecular weight excluding hydrogens is 350 g/mol. The summed E-state index contributed by atoms with van der Waals surface area (Å²) in [6, 6.07) is 31.3. The SMILES string of the molecule is Cc1c2ccccc2nc2cc3c(cc12)C1c2ccccc2C3c2ccccc21. The van der Waals surface area contributed by atoms with Crippen molar-refractivity contribution in [2.45, 2.75) is 18.8 Å². The van der Waals surface area contributed by atoms with E-state index in [-0.39, 0.29) is 0 Å². The average Bonchev–Trinajstić information content (AvgIpc) is 2.78. The highest BCUT2D eigenvalue weighted by Gasteiger charge is 2.41. The second-order valence-corrected chi connectivity index (χ2v) is 8.38. The predicted molar refractivity (Wildman–Crippen MR) is 119 cm³/mol. The van der Waals surface area contributed by atoms with Crippen molar-refractivity contribution in [3.05, 3.63) is 124 Å². The summed E-state index contributed by atoms with van der Waals surface area (Å²) in [6.45, 7) is 2.24. The van der Waals surface area contributed by atoms with E-state index in [1.54, 1.807) is 0 Å². The zero-order valence-corrected chi connectivity index (χ0v) is 16.2. The first-order valence-corrected chi connectivity index (χ1v) is 10.3. The Morgan fingerprint density at radius 2 is 1.03 bits per heavy atom. The van der Waals surface area contributed by atoms with E-state index >= 15 is 0 Å². The van der Waals surface area contributed by atoms with Gasteiger partial charge in [-0.2, -0.15) is 0 Å². The van der Waals surface area contributed by atoms with Crippen LogP contribution in [-0.4, -0.2) is 4.98 Å². The van der Waals surface area contributed by atoms with Crippen molar-refractivity contribution in [1.82, 2.24) is 4.98 Å². The number of hydrogen-bond acceptors (Lipinski definition) is 1. The summed E-state index contributed by atoms with van der Waals surface area (Å²) in [5.74, 6) is 0.623. The van der Waals surface area contributed by atoms with Gasteiger partial charge in [0.15, 0.2) is 0 Å². The first kappa shape index (κ1) is 15.5. The fourth-order valence-corrected chi connectivity index (χ4v) is 5.76. The predicted octanol–water partition coefficient (Wildman–Crippen LogP) is 6.68. The lowest BCUT2D eigenvalue weighted by Gasteiger charge is -2.42. The average molecular weight is 369 g/mol. The Kier molecular flexibility index (Phi) is 2.84. The molecule has 0 atom stereocenters. The van der Waals surface area contributed by atoms with Crippen molar-refractivity contribution >= 4 is 21.8 Å². The summed E-state index contributed by atoms with van der Waals surface area (Å²) in [5, 5.41) is 2.53. The minimum atomic E-state index is 0.306. The molecule has 5 aromatic rings. The molecule has 1 heterocycles. The lowest BCUT2D eigenvalue weighted by molar-refractivity contribution is 0.756. The molecule has 136 valence electrons. The number of aromatic nitrogens is 1. The van der Waals surface area contributed by atoms with Gasteiger partial charge >= 0.3 is 0 Å². The van der Waals surface area contributed by atoms with Gasteiger partial charge in [-0.3, -0.25) is 0 Å². The van der Waals surface area contributed by atoms with Gasteiger partial charge in [-0.1, -0.05) is 66.7 Å².